The number of carbonyl (C=O) groups excluding carboxylic acids is 1. The third-order valence-corrected chi connectivity index (χ3v) is 4.76. The zero-order valence-electron chi connectivity index (χ0n) is 15.2. The van der Waals surface area contributed by atoms with E-state index in [9.17, 15) is 4.79 Å². The molecule has 0 bridgehead atoms. The van der Waals surface area contributed by atoms with Gasteiger partial charge in [-0.25, -0.2) is 0 Å². The van der Waals surface area contributed by atoms with E-state index in [0.29, 0.717) is 23.7 Å². The van der Waals surface area contributed by atoms with Crippen molar-refractivity contribution in [2.75, 3.05) is 13.7 Å². The number of nitrogens with zero attached hydrogens (tertiary/aromatic N) is 1. The van der Waals surface area contributed by atoms with Crippen LogP contribution in [0.25, 0.3) is 22.2 Å². The van der Waals surface area contributed by atoms with Crippen LogP contribution in [0.2, 0.25) is 5.02 Å². The minimum atomic E-state index is -0.276. The van der Waals surface area contributed by atoms with Crippen molar-refractivity contribution in [3.8, 4) is 17.1 Å². The number of H-pyrrole nitrogens is 1. The van der Waals surface area contributed by atoms with Crippen LogP contribution in [0, 0.1) is 0 Å². The lowest BCUT2D eigenvalue weighted by Crippen LogP contribution is -2.25. The van der Waals surface area contributed by atoms with Crippen molar-refractivity contribution in [2.24, 2.45) is 0 Å². The summed E-state index contributed by atoms with van der Waals surface area (Å²) in [6.45, 7) is 0.475. The number of amides is 1. The maximum Gasteiger partial charge on any atom is 0.273 e. The molecule has 0 spiro atoms. The third kappa shape index (κ3) is 3.73. The average molecular weight is 396 g/mol. The highest BCUT2D eigenvalue weighted by Crippen LogP contribution is 2.24. The minimum Gasteiger partial charge on any atom is -0.497 e. The Bertz CT molecular complexity index is 1120. The standard InChI is InChI=1S/C21H18ClN3O3/c1-27-16-5-2-13(3-6-16)20-11-19(25-28-20)21(26)23-9-8-14-12-24-18-7-4-15(22)10-17(14)18/h2-7,10-12,24H,8-9H2,1H3,(H,23,26). The molecule has 0 aliphatic heterocycles. The van der Waals surface area contributed by atoms with Gasteiger partial charge >= 0.3 is 0 Å². The molecule has 1 amide bonds. The molecular weight excluding hydrogens is 378 g/mol. The van der Waals surface area contributed by atoms with Gasteiger partial charge in [0.25, 0.3) is 5.91 Å². The molecule has 2 aromatic carbocycles. The molecule has 2 heterocycles. The van der Waals surface area contributed by atoms with Crippen LogP contribution in [-0.2, 0) is 6.42 Å². The van der Waals surface area contributed by atoms with Crippen molar-refractivity contribution in [2.45, 2.75) is 6.42 Å². The summed E-state index contributed by atoms with van der Waals surface area (Å²) in [5, 5.41) is 8.49. The summed E-state index contributed by atoms with van der Waals surface area (Å²) in [6, 6.07) is 14.7. The largest absolute Gasteiger partial charge is 0.497 e. The van der Waals surface area contributed by atoms with Crippen LogP contribution < -0.4 is 10.1 Å². The fraction of sp³-hybridized carbons (Fsp3) is 0.143. The normalized spacial score (nSPS) is 10.9. The number of halogens is 1. The van der Waals surface area contributed by atoms with E-state index >= 15 is 0 Å². The van der Waals surface area contributed by atoms with Gasteiger partial charge in [-0.1, -0.05) is 16.8 Å². The Morgan fingerprint density at radius 1 is 1.21 bits per heavy atom. The number of rotatable bonds is 6. The zero-order valence-corrected chi connectivity index (χ0v) is 15.9. The van der Waals surface area contributed by atoms with Crippen LogP contribution in [-0.4, -0.2) is 29.7 Å². The summed E-state index contributed by atoms with van der Waals surface area (Å²) in [7, 11) is 1.61. The van der Waals surface area contributed by atoms with Gasteiger partial charge in [0.05, 0.1) is 7.11 Å². The highest BCUT2D eigenvalue weighted by Gasteiger charge is 2.14. The monoisotopic (exact) mass is 395 g/mol. The fourth-order valence-electron chi connectivity index (χ4n) is 3.03. The molecule has 0 unspecified atom stereocenters. The lowest BCUT2D eigenvalue weighted by molar-refractivity contribution is 0.0945. The predicted octanol–water partition coefficient (Wildman–Crippen LogP) is 4.46. The van der Waals surface area contributed by atoms with Crippen molar-refractivity contribution >= 4 is 28.4 Å². The van der Waals surface area contributed by atoms with Crippen LogP contribution in [0.4, 0.5) is 0 Å². The van der Waals surface area contributed by atoms with Crippen LogP contribution in [0.15, 0.2) is 59.3 Å². The van der Waals surface area contributed by atoms with E-state index in [2.05, 4.69) is 15.5 Å². The number of carbonyl (C=O) groups is 1. The Morgan fingerprint density at radius 2 is 2.04 bits per heavy atom. The zero-order chi connectivity index (χ0) is 19.5. The molecule has 0 atom stereocenters. The molecule has 0 aliphatic rings. The van der Waals surface area contributed by atoms with Gasteiger partial charge in [-0.3, -0.25) is 4.79 Å². The summed E-state index contributed by atoms with van der Waals surface area (Å²) < 4.78 is 10.4. The smallest absolute Gasteiger partial charge is 0.273 e. The molecule has 0 aliphatic carbocycles. The number of benzene rings is 2. The number of ether oxygens (including phenoxy) is 1. The minimum absolute atomic E-state index is 0.243. The second-order valence-electron chi connectivity index (χ2n) is 6.31. The Morgan fingerprint density at radius 3 is 2.82 bits per heavy atom. The number of aromatic nitrogens is 2. The van der Waals surface area contributed by atoms with E-state index in [1.54, 1.807) is 13.2 Å². The molecule has 4 aromatic rings. The highest BCUT2D eigenvalue weighted by atomic mass is 35.5. The molecule has 0 fully saturated rings. The van der Waals surface area contributed by atoms with Crippen molar-refractivity contribution in [1.29, 1.82) is 0 Å². The van der Waals surface area contributed by atoms with Crippen LogP contribution in [0.3, 0.4) is 0 Å². The van der Waals surface area contributed by atoms with Gasteiger partial charge in [-0.2, -0.15) is 0 Å². The number of methoxy groups -OCH3 is 1. The summed E-state index contributed by atoms with van der Waals surface area (Å²) in [4.78, 5) is 15.6. The first-order chi connectivity index (χ1) is 13.6. The molecule has 2 aromatic heterocycles. The lowest BCUT2D eigenvalue weighted by atomic mass is 10.1. The number of nitrogens with one attached hydrogen (secondary N) is 2. The van der Waals surface area contributed by atoms with Crippen LogP contribution in [0.5, 0.6) is 5.75 Å². The number of hydrogen-bond acceptors (Lipinski definition) is 4. The van der Waals surface area contributed by atoms with Gasteiger partial charge < -0.3 is 19.6 Å². The molecule has 0 radical (unpaired) electrons. The van der Waals surface area contributed by atoms with Crippen molar-refractivity contribution in [1.82, 2.24) is 15.5 Å². The number of fused-ring (bicyclic) bond motifs is 1. The van der Waals surface area contributed by atoms with E-state index < -0.39 is 0 Å². The molecular formula is C21H18ClN3O3. The molecule has 2 N–H and O–H groups in total. The topological polar surface area (TPSA) is 80.1 Å². The average Bonchev–Trinajstić information content (AvgIpc) is 3.36. The highest BCUT2D eigenvalue weighted by molar-refractivity contribution is 6.31. The summed E-state index contributed by atoms with van der Waals surface area (Å²) in [6.07, 6.45) is 2.61. The van der Waals surface area contributed by atoms with E-state index in [-0.39, 0.29) is 11.6 Å². The van der Waals surface area contributed by atoms with E-state index in [0.717, 1.165) is 27.8 Å². The Hall–Kier alpha value is -3.25. The van der Waals surface area contributed by atoms with Crippen molar-refractivity contribution < 1.29 is 14.1 Å². The van der Waals surface area contributed by atoms with Gasteiger partial charge in [0.15, 0.2) is 11.5 Å². The van der Waals surface area contributed by atoms with Gasteiger partial charge in [0.1, 0.15) is 5.75 Å². The Balaban J connectivity index is 1.38. The first-order valence-corrected chi connectivity index (χ1v) is 9.16. The first-order valence-electron chi connectivity index (χ1n) is 8.79. The van der Waals surface area contributed by atoms with Gasteiger partial charge in [0.2, 0.25) is 0 Å². The van der Waals surface area contributed by atoms with Gasteiger partial charge in [-0.05, 0) is 54.4 Å². The summed E-state index contributed by atoms with van der Waals surface area (Å²) in [5.41, 5.74) is 3.18. The maximum absolute atomic E-state index is 12.4. The molecule has 4 rings (SSSR count). The third-order valence-electron chi connectivity index (χ3n) is 4.53. The van der Waals surface area contributed by atoms with E-state index in [4.69, 9.17) is 20.9 Å². The maximum atomic E-state index is 12.4. The SMILES string of the molecule is COc1ccc(-c2cc(C(=O)NCCc3c[nH]c4ccc(Cl)cc34)no2)cc1. The number of hydrogen-bond donors (Lipinski definition) is 2. The first kappa shape index (κ1) is 18.1. The van der Waals surface area contributed by atoms with Crippen molar-refractivity contribution in [3.05, 3.63) is 71.0 Å². The summed E-state index contributed by atoms with van der Waals surface area (Å²) in [5.74, 6) is 1.00. The molecule has 142 valence electrons. The molecule has 0 saturated carbocycles. The Kier molecular flexibility index (Phi) is 5.04. The number of aromatic amines is 1. The Labute approximate surface area is 166 Å². The lowest BCUT2D eigenvalue weighted by Gasteiger charge is -2.02. The molecule has 0 saturated heterocycles. The van der Waals surface area contributed by atoms with E-state index in [1.165, 1.54) is 0 Å². The van der Waals surface area contributed by atoms with Gasteiger partial charge in [-0.15, -0.1) is 0 Å². The molecule has 6 nitrogen and oxygen atoms in total. The van der Waals surface area contributed by atoms with Gasteiger partial charge in [0, 0.05) is 40.3 Å². The van der Waals surface area contributed by atoms with Crippen LogP contribution >= 0.6 is 11.6 Å². The quantitative estimate of drug-likeness (QED) is 0.505. The second kappa shape index (κ2) is 7.78. The predicted molar refractivity (Wildman–Crippen MR) is 108 cm³/mol. The van der Waals surface area contributed by atoms with Crippen LogP contribution in [0.1, 0.15) is 16.1 Å². The molecule has 7 heteroatoms. The molecule has 28 heavy (non-hydrogen) atoms. The second-order valence-corrected chi connectivity index (χ2v) is 6.75. The summed E-state index contributed by atoms with van der Waals surface area (Å²) >= 11 is 6.07. The van der Waals surface area contributed by atoms with Crippen molar-refractivity contribution in [3.63, 3.8) is 0 Å². The fourth-order valence-corrected chi connectivity index (χ4v) is 3.20. The van der Waals surface area contributed by atoms with E-state index in [1.807, 2.05) is 48.7 Å².